The second-order valence-corrected chi connectivity index (χ2v) is 14.2. The van der Waals surface area contributed by atoms with Gasteiger partial charge in [-0.05, 0) is 66.9 Å². The highest BCUT2D eigenvalue weighted by Gasteiger charge is 2.37. The topological polar surface area (TPSA) is 86.8 Å². The van der Waals surface area contributed by atoms with Crippen LogP contribution in [-0.2, 0) is 38.8 Å². The van der Waals surface area contributed by atoms with Gasteiger partial charge in [-0.3, -0.25) is 13.9 Å². The zero-order valence-electron chi connectivity index (χ0n) is 26.9. The minimum absolute atomic E-state index is 0.0853. The van der Waals surface area contributed by atoms with E-state index < -0.39 is 56.9 Å². The van der Waals surface area contributed by atoms with Crippen LogP contribution in [-0.4, -0.2) is 44.3 Å². The van der Waals surface area contributed by atoms with Crippen LogP contribution in [0.3, 0.4) is 0 Å². The largest absolute Gasteiger partial charge is 0.417 e. The van der Waals surface area contributed by atoms with Crippen LogP contribution in [0.4, 0.5) is 18.9 Å². The number of hydrogen-bond donors (Lipinski definition) is 1. The van der Waals surface area contributed by atoms with Crippen molar-refractivity contribution in [2.45, 2.75) is 56.8 Å². The molecule has 1 N–H and O–H groups in total. The van der Waals surface area contributed by atoms with Crippen molar-refractivity contribution in [1.29, 1.82) is 0 Å². The van der Waals surface area contributed by atoms with Crippen molar-refractivity contribution in [2.24, 2.45) is 0 Å². The first kappa shape index (κ1) is 37.8. The SMILES string of the molecule is CCCCNC(=O)[C@H](Cc1ccccc1)N(Cc1ccc(Cl)cc1)C(=O)CN(c1ccc(Cl)c(C(F)(F)F)c1)S(=O)(=O)c1ccc(C)cc1. The lowest BCUT2D eigenvalue weighted by Crippen LogP contribution is -2.53. The standard InChI is InChI=1S/C36H36Cl2F3N3O4S/c1-3-4-20-42-35(46)33(21-26-8-6-5-7-9-26)43(23-27-12-14-28(37)15-13-27)34(45)24-44(49(47,48)30-17-10-25(2)11-18-30)29-16-19-32(38)31(22-29)36(39,40)41/h5-19,22,33H,3-4,20-21,23-24H2,1-2H3,(H,42,46)/t33-/m0/s1. The molecule has 0 saturated carbocycles. The molecule has 7 nitrogen and oxygen atoms in total. The number of nitrogens with zero attached hydrogens (tertiary/aromatic N) is 2. The van der Waals surface area contributed by atoms with E-state index in [0.29, 0.717) is 33.9 Å². The second-order valence-electron chi connectivity index (χ2n) is 11.5. The van der Waals surface area contributed by atoms with Crippen LogP contribution in [0.2, 0.25) is 10.0 Å². The number of aryl methyl sites for hydroxylation is 1. The van der Waals surface area contributed by atoms with E-state index in [-0.39, 0.29) is 17.9 Å². The third kappa shape index (κ3) is 9.99. The van der Waals surface area contributed by atoms with E-state index in [9.17, 15) is 31.2 Å². The van der Waals surface area contributed by atoms with E-state index in [4.69, 9.17) is 23.2 Å². The summed E-state index contributed by atoms with van der Waals surface area (Å²) in [6.45, 7) is 3.02. The van der Waals surface area contributed by atoms with Gasteiger partial charge in [-0.25, -0.2) is 8.42 Å². The monoisotopic (exact) mass is 733 g/mol. The van der Waals surface area contributed by atoms with Crippen molar-refractivity contribution >= 4 is 50.7 Å². The molecule has 0 heterocycles. The minimum Gasteiger partial charge on any atom is -0.354 e. The highest BCUT2D eigenvalue weighted by molar-refractivity contribution is 7.92. The zero-order valence-corrected chi connectivity index (χ0v) is 29.2. The second kappa shape index (κ2) is 16.6. The Balaban J connectivity index is 1.85. The number of unbranched alkanes of at least 4 members (excludes halogenated alkanes) is 1. The van der Waals surface area contributed by atoms with Gasteiger partial charge in [0.25, 0.3) is 10.0 Å². The number of hydrogen-bond acceptors (Lipinski definition) is 4. The van der Waals surface area contributed by atoms with Crippen molar-refractivity contribution in [2.75, 3.05) is 17.4 Å². The molecule has 4 aromatic rings. The van der Waals surface area contributed by atoms with E-state index in [1.807, 2.05) is 13.0 Å². The van der Waals surface area contributed by atoms with Crippen LogP contribution in [0.5, 0.6) is 0 Å². The Labute approximate surface area is 294 Å². The van der Waals surface area contributed by atoms with Crippen LogP contribution in [0, 0.1) is 6.92 Å². The van der Waals surface area contributed by atoms with Gasteiger partial charge in [0.1, 0.15) is 12.6 Å². The normalized spacial score (nSPS) is 12.3. The van der Waals surface area contributed by atoms with E-state index in [0.717, 1.165) is 29.7 Å². The van der Waals surface area contributed by atoms with Gasteiger partial charge in [0.15, 0.2) is 0 Å². The van der Waals surface area contributed by atoms with Gasteiger partial charge in [0.05, 0.1) is 21.2 Å². The quantitative estimate of drug-likeness (QED) is 0.133. The fourth-order valence-electron chi connectivity index (χ4n) is 5.10. The molecule has 2 amide bonds. The molecule has 0 unspecified atom stereocenters. The first-order chi connectivity index (χ1) is 23.2. The summed E-state index contributed by atoms with van der Waals surface area (Å²) in [6, 6.07) is 22.8. The van der Waals surface area contributed by atoms with Crippen LogP contribution in [0.15, 0.2) is 102 Å². The number of anilines is 1. The number of amides is 2. The fourth-order valence-corrected chi connectivity index (χ4v) is 6.86. The summed E-state index contributed by atoms with van der Waals surface area (Å²) in [5, 5.41) is 2.70. The molecule has 0 spiro atoms. The third-order valence-electron chi connectivity index (χ3n) is 7.80. The molecular weight excluding hydrogens is 698 g/mol. The molecule has 4 aromatic carbocycles. The summed E-state index contributed by atoms with van der Waals surface area (Å²) < 4.78 is 70.8. The number of nitrogens with one attached hydrogen (secondary N) is 1. The lowest BCUT2D eigenvalue weighted by atomic mass is 10.0. The molecule has 1 atom stereocenters. The Morgan fingerprint density at radius 1 is 0.878 bits per heavy atom. The van der Waals surface area contributed by atoms with Gasteiger partial charge in [0, 0.05) is 24.5 Å². The molecule has 0 aliphatic heterocycles. The average Bonchev–Trinajstić information content (AvgIpc) is 3.06. The molecule has 0 radical (unpaired) electrons. The van der Waals surface area contributed by atoms with E-state index >= 15 is 0 Å². The third-order valence-corrected chi connectivity index (χ3v) is 10.2. The smallest absolute Gasteiger partial charge is 0.354 e. The molecule has 0 fully saturated rings. The number of carbonyl (C=O) groups excluding carboxylic acids is 2. The summed E-state index contributed by atoms with van der Waals surface area (Å²) in [7, 11) is -4.62. The van der Waals surface area contributed by atoms with E-state index in [2.05, 4.69) is 5.32 Å². The van der Waals surface area contributed by atoms with Crippen molar-refractivity contribution in [3.8, 4) is 0 Å². The summed E-state index contributed by atoms with van der Waals surface area (Å²) in [4.78, 5) is 29.3. The Morgan fingerprint density at radius 3 is 2.14 bits per heavy atom. The van der Waals surface area contributed by atoms with Gasteiger partial charge < -0.3 is 10.2 Å². The molecule has 0 bridgehead atoms. The number of benzene rings is 4. The average molecular weight is 735 g/mol. The van der Waals surface area contributed by atoms with E-state index in [1.165, 1.54) is 17.0 Å². The van der Waals surface area contributed by atoms with Crippen LogP contribution in [0.25, 0.3) is 0 Å². The lowest BCUT2D eigenvalue weighted by Gasteiger charge is -2.34. The predicted molar refractivity (Wildman–Crippen MR) is 186 cm³/mol. The molecular formula is C36H36Cl2F3N3O4S. The van der Waals surface area contributed by atoms with Gasteiger partial charge in [-0.2, -0.15) is 13.2 Å². The fraction of sp³-hybridized carbons (Fsp3) is 0.278. The molecule has 0 aromatic heterocycles. The molecule has 49 heavy (non-hydrogen) atoms. The van der Waals surface area contributed by atoms with Gasteiger partial charge in [-0.15, -0.1) is 0 Å². The summed E-state index contributed by atoms with van der Waals surface area (Å²) in [5.41, 5.74) is 0.390. The number of carbonyl (C=O) groups is 2. The minimum atomic E-state index is -4.91. The number of sulfonamides is 1. The Bertz CT molecular complexity index is 1840. The highest BCUT2D eigenvalue weighted by atomic mass is 35.5. The zero-order chi connectivity index (χ0) is 35.8. The first-order valence-electron chi connectivity index (χ1n) is 15.5. The maximum atomic E-state index is 14.5. The lowest BCUT2D eigenvalue weighted by molar-refractivity contribution is -0.140. The summed E-state index contributed by atoms with van der Waals surface area (Å²) in [5.74, 6) is -1.28. The number of halogens is 5. The van der Waals surface area contributed by atoms with Crippen molar-refractivity contribution in [3.63, 3.8) is 0 Å². The van der Waals surface area contributed by atoms with Gasteiger partial charge >= 0.3 is 6.18 Å². The summed E-state index contributed by atoms with van der Waals surface area (Å²) >= 11 is 12.0. The molecule has 0 aliphatic carbocycles. The molecule has 13 heteroatoms. The van der Waals surface area contributed by atoms with Gasteiger partial charge in [-0.1, -0.05) is 96.7 Å². The maximum absolute atomic E-state index is 14.5. The van der Waals surface area contributed by atoms with Crippen LogP contribution in [0.1, 0.15) is 42.0 Å². The summed E-state index contributed by atoms with van der Waals surface area (Å²) in [6.07, 6.45) is -3.32. The number of alkyl halides is 3. The molecule has 0 saturated heterocycles. The first-order valence-corrected chi connectivity index (χ1v) is 17.7. The van der Waals surface area contributed by atoms with Crippen molar-refractivity contribution in [1.82, 2.24) is 10.2 Å². The molecule has 4 rings (SSSR count). The van der Waals surface area contributed by atoms with E-state index in [1.54, 1.807) is 67.6 Å². The van der Waals surface area contributed by atoms with Crippen LogP contribution < -0.4 is 9.62 Å². The maximum Gasteiger partial charge on any atom is 0.417 e. The Kier molecular flexibility index (Phi) is 12.8. The molecule has 0 aliphatic rings. The van der Waals surface area contributed by atoms with Crippen molar-refractivity contribution in [3.05, 3.63) is 129 Å². The molecule has 260 valence electrons. The van der Waals surface area contributed by atoms with Crippen LogP contribution >= 0.6 is 23.2 Å². The number of rotatable bonds is 14. The predicted octanol–water partition coefficient (Wildman–Crippen LogP) is 8.07. The van der Waals surface area contributed by atoms with Crippen molar-refractivity contribution < 1.29 is 31.2 Å². The highest BCUT2D eigenvalue weighted by Crippen LogP contribution is 2.38. The Hall–Kier alpha value is -4.06. The Morgan fingerprint density at radius 2 is 1.53 bits per heavy atom. The van der Waals surface area contributed by atoms with Gasteiger partial charge in [0.2, 0.25) is 11.8 Å².